The normalized spacial score (nSPS) is 17.7. The molecule has 0 aliphatic carbocycles. The van der Waals surface area contributed by atoms with Crippen LogP contribution in [-0.4, -0.2) is 19.1 Å². The molecule has 0 spiro atoms. The molecule has 1 aliphatic heterocycles. The number of carbonyl (C=O) groups excluding carboxylic acids is 1. The summed E-state index contributed by atoms with van der Waals surface area (Å²) in [4.78, 5) is 11.0. The van der Waals surface area contributed by atoms with Gasteiger partial charge >= 0.3 is 0 Å². The minimum Gasteiger partial charge on any atom is -0.356 e. The molecular formula is C14H15NO2. The van der Waals surface area contributed by atoms with E-state index in [0.29, 0.717) is 12.2 Å². The lowest BCUT2D eigenvalue weighted by Gasteiger charge is -2.25. The Kier molecular flexibility index (Phi) is 3.40. The van der Waals surface area contributed by atoms with Crippen LogP contribution in [0.25, 0.3) is 6.08 Å². The summed E-state index contributed by atoms with van der Waals surface area (Å²) in [5, 5.41) is 3.19. The van der Waals surface area contributed by atoms with Crippen molar-refractivity contribution in [1.29, 1.82) is 0 Å². The Morgan fingerprint density at radius 2 is 2.35 bits per heavy atom. The van der Waals surface area contributed by atoms with Crippen molar-refractivity contribution in [1.82, 2.24) is 0 Å². The minimum atomic E-state index is -0.388. The Balaban J connectivity index is 2.31. The van der Waals surface area contributed by atoms with Gasteiger partial charge in [0, 0.05) is 11.3 Å². The number of aldehydes is 1. The standard InChI is InChI=1S/C14H15NO2/c1-3-6-17-14-12(9-16)8-11-7-10(2)4-5-13(11)15-14/h3-5,7-9,14-15H,1,6H2,2H3. The van der Waals surface area contributed by atoms with Crippen molar-refractivity contribution in [2.24, 2.45) is 0 Å². The third-order valence-corrected chi connectivity index (χ3v) is 2.64. The first-order chi connectivity index (χ1) is 8.24. The summed E-state index contributed by atoms with van der Waals surface area (Å²) in [6, 6.07) is 6.05. The van der Waals surface area contributed by atoms with Gasteiger partial charge in [-0.05, 0) is 30.7 Å². The number of carbonyl (C=O) groups is 1. The number of nitrogens with one attached hydrogen (secondary N) is 1. The zero-order valence-electron chi connectivity index (χ0n) is 9.77. The number of anilines is 1. The molecule has 0 radical (unpaired) electrons. The molecule has 1 unspecified atom stereocenters. The summed E-state index contributed by atoms with van der Waals surface area (Å²) in [5.41, 5.74) is 3.77. The number of rotatable bonds is 4. The van der Waals surface area contributed by atoms with Gasteiger partial charge in [0.25, 0.3) is 0 Å². The van der Waals surface area contributed by atoms with Crippen molar-refractivity contribution in [3.63, 3.8) is 0 Å². The molecule has 1 aliphatic rings. The average molecular weight is 229 g/mol. The van der Waals surface area contributed by atoms with Crippen LogP contribution in [0.5, 0.6) is 0 Å². The van der Waals surface area contributed by atoms with Crippen molar-refractivity contribution in [2.75, 3.05) is 11.9 Å². The van der Waals surface area contributed by atoms with E-state index in [9.17, 15) is 4.79 Å². The Morgan fingerprint density at radius 3 is 3.06 bits per heavy atom. The van der Waals surface area contributed by atoms with E-state index in [1.165, 1.54) is 0 Å². The number of hydrogen-bond acceptors (Lipinski definition) is 3. The van der Waals surface area contributed by atoms with Crippen molar-refractivity contribution >= 4 is 18.0 Å². The number of benzene rings is 1. The molecule has 1 heterocycles. The molecule has 1 aromatic rings. The average Bonchev–Trinajstić information content (AvgIpc) is 2.35. The third kappa shape index (κ3) is 2.45. The predicted molar refractivity (Wildman–Crippen MR) is 68.8 cm³/mol. The molecule has 0 bridgehead atoms. The van der Waals surface area contributed by atoms with E-state index in [1.54, 1.807) is 6.08 Å². The SMILES string of the molecule is C=CCOC1Nc2ccc(C)cc2C=C1C=O. The Labute approximate surface area is 101 Å². The van der Waals surface area contributed by atoms with E-state index < -0.39 is 0 Å². The molecule has 1 aromatic carbocycles. The fourth-order valence-corrected chi connectivity index (χ4v) is 1.81. The maximum absolute atomic E-state index is 11.0. The number of ether oxygens (including phenoxy) is 1. The Hall–Kier alpha value is -1.87. The molecule has 2 rings (SSSR count). The largest absolute Gasteiger partial charge is 0.356 e. The lowest BCUT2D eigenvalue weighted by molar-refractivity contribution is -0.105. The van der Waals surface area contributed by atoms with E-state index in [0.717, 1.165) is 23.1 Å². The van der Waals surface area contributed by atoms with Gasteiger partial charge in [-0.15, -0.1) is 6.58 Å². The zero-order valence-corrected chi connectivity index (χ0v) is 9.77. The first kappa shape index (κ1) is 11.6. The van der Waals surface area contributed by atoms with Crippen molar-refractivity contribution < 1.29 is 9.53 Å². The van der Waals surface area contributed by atoms with Gasteiger partial charge in [-0.1, -0.05) is 17.7 Å². The molecule has 0 saturated heterocycles. The zero-order chi connectivity index (χ0) is 12.3. The maximum atomic E-state index is 11.0. The molecule has 3 nitrogen and oxygen atoms in total. The van der Waals surface area contributed by atoms with Gasteiger partial charge in [-0.2, -0.15) is 0 Å². The molecule has 1 N–H and O–H groups in total. The summed E-state index contributed by atoms with van der Waals surface area (Å²) in [6.07, 6.45) is 3.96. The Bertz CT molecular complexity index is 477. The molecule has 3 heteroatoms. The highest BCUT2D eigenvalue weighted by Crippen LogP contribution is 2.27. The fourth-order valence-electron chi connectivity index (χ4n) is 1.81. The molecular weight excluding hydrogens is 214 g/mol. The third-order valence-electron chi connectivity index (χ3n) is 2.64. The second-order valence-electron chi connectivity index (χ2n) is 4.00. The summed E-state index contributed by atoms with van der Waals surface area (Å²) in [7, 11) is 0. The first-order valence-corrected chi connectivity index (χ1v) is 5.51. The highest BCUT2D eigenvalue weighted by molar-refractivity contribution is 5.89. The van der Waals surface area contributed by atoms with Gasteiger partial charge in [0.1, 0.15) is 0 Å². The van der Waals surface area contributed by atoms with E-state index in [4.69, 9.17) is 4.74 Å². The highest BCUT2D eigenvalue weighted by Gasteiger charge is 2.20. The molecule has 0 amide bonds. The van der Waals surface area contributed by atoms with E-state index in [-0.39, 0.29) is 6.23 Å². The second kappa shape index (κ2) is 4.97. The number of hydrogen-bond donors (Lipinski definition) is 1. The van der Waals surface area contributed by atoms with Crippen LogP contribution in [0.4, 0.5) is 5.69 Å². The van der Waals surface area contributed by atoms with E-state index >= 15 is 0 Å². The topological polar surface area (TPSA) is 38.3 Å². The van der Waals surface area contributed by atoms with E-state index in [1.807, 2.05) is 31.2 Å². The summed E-state index contributed by atoms with van der Waals surface area (Å²) in [5.74, 6) is 0. The molecule has 17 heavy (non-hydrogen) atoms. The predicted octanol–water partition coefficient (Wildman–Crippen LogP) is 2.53. The van der Waals surface area contributed by atoms with Crippen LogP contribution < -0.4 is 5.32 Å². The molecule has 88 valence electrons. The molecule has 0 aromatic heterocycles. The second-order valence-corrected chi connectivity index (χ2v) is 4.00. The monoisotopic (exact) mass is 229 g/mol. The summed E-state index contributed by atoms with van der Waals surface area (Å²) >= 11 is 0. The molecule has 0 saturated carbocycles. The quantitative estimate of drug-likeness (QED) is 0.637. The van der Waals surface area contributed by atoms with Crippen molar-refractivity contribution in [2.45, 2.75) is 13.2 Å². The van der Waals surface area contributed by atoms with Gasteiger partial charge < -0.3 is 10.1 Å². The van der Waals surface area contributed by atoms with Crippen LogP contribution >= 0.6 is 0 Å². The lowest BCUT2D eigenvalue weighted by atomic mass is 10.0. The van der Waals surface area contributed by atoms with Gasteiger partial charge in [0.15, 0.2) is 12.5 Å². The number of aryl methyl sites for hydroxylation is 1. The van der Waals surface area contributed by atoms with Crippen LogP contribution in [0.1, 0.15) is 11.1 Å². The van der Waals surface area contributed by atoms with Crippen LogP contribution in [0.15, 0.2) is 36.4 Å². The molecule has 1 atom stereocenters. The summed E-state index contributed by atoms with van der Waals surface area (Å²) in [6.45, 7) is 6.02. The van der Waals surface area contributed by atoms with Gasteiger partial charge in [0.2, 0.25) is 0 Å². The van der Waals surface area contributed by atoms with Crippen LogP contribution in [0.2, 0.25) is 0 Å². The first-order valence-electron chi connectivity index (χ1n) is 5.51. The molecule has 0 fully saturated rings. The lowest BCUT2D eigenvalue weighted by Crippen LogP contribution is -2.29. The van der Waals surface area contributed by atoms with Gasteiger partial charge in [-0.25, -0.2) is 0 Å². The van der Waals surface area contributed by atoms with Crippen molar-refractivity contribution in [3.8, 4) is 0 Å². The smallest absolute Gasteiger partial charge is 0.157 e. The van der Waals surface area contributed by atoms with Crippen LogP contribution in [-0.2, 0) is 9.53 Å². The fraction of sp³-hybridized carbons (Fsp3) is 0.214. The van der Waals surface area contributed by atoms with Crippen LogP contribution in [0.3, 0.4) is 0 Å². The highest BCUT2D eigenvalue weighted by atomic mass is 16.5. The minimum absolute atomic E-state index is 0.388. The Morgan fingerprint density at radius 1 is 1.53 bits per heavy atom. The van der Waals surface area contributed by atoms with E-state index in [2.05, 4.69) is 11.9 Å². The van der Waals surface area contributed by atoms with Gasteiger partial charge in [0.05, 0.1) is 6.61 Å². The maximum Gasteiger partial charge on any atom is 0.157 e. The summed E-state index contributed by atoms with van der Waals surface area (Å²) < 4.78 is 5.49. The van der Waals surface area contributed by atoms with Gasteiger partial charge in [-0.3, -0.25) is 4.79 Å². The van der Waals surface area contributed by atoms with Crippen molar-refractivity contribution in [3.05, 3.63) is 47.6 Å². The number of fused-ring (bicyclic) bond motifs is 1. The van der Waals surface area contributed by atoms with Crippen LogP contribution in [0, 0.1) is 6.92 Å².